The van der Waals surface area contributed by atoms with Crippen LogP contribution in [0.2, 0.25) is 0 Å². The molecule has 0 bridgehead atoms. The topological polar surface area (TPSA) is 115 Å². The summed E-state index contributed by atoms with van der Waals surface area (Å²) in [6.45, 7) is 1.94. The largest absolute Gasteiger partial charge is 0.479 e. The van der Waals surface area contributed by atoms with Gasteiger partial charge >= 0.3 is 0 Å². The number of anilines is 2. The number of aliphatic hydroxyl groups excluding tert-OH is 2. The fourth-order valence-electron chi connectivity index (χ4n) is 3.61. The maximum atomic E-state index is 10.1. The van der Waals surface area contributed by atoms with Crippen molar-refractivity contribution in [3.8, 4) is 5.88 Å². The molecule has 0 radical (unpaired) electrons. The average Bonchev–Trinajstić information content (AvgIpc) is 3.35. The molecule has 1 fully saturated rings. The summed E-state index contributed by atoms with van der Waals surface area (Å²) in [4.78, 5) is 13.4. The Hall–Kier alpha value is -2.75. The van der Waals surface area contributed by atoms with Crippen molar-refractivity contribution in [2.45, 2.75) is 51.0 Å². The number of fused-ring (bicyclic) bond motifs is 1. The summed E-state index contributed by atoms with van der Waals surface area (Å²) in [6, 6.07) is 8.21. The van der Waals surface area contributed by atoms with Crippen molar-refractivity contribution in [1.29, 1.82) is 0 Å². The van der Waals surface area contributed by atoms with Gasteiger partial charge in [-0.3, -0.25) is 4.57 Å². The van der Waals surface area contributed by atoms with Gasteiger partial charge in [0, 0.05) is 12.1 Å². The standard InChI is InChI=1S/C21H27N5O4/c1-3-4-5-13-6-8-14(9-7-13)23-21-24-19-18(20(25-21)29-2)22-12-26(19)17-10-15(28)16(11-27)30-17/h6-9,12,15-17,27-28H,3-5,10-11H2,1-2H3,(H,23,24,25). The fourth-order valence-corrected chi connectivity index (χ4v) is 3.61. The van der Waals surface area contributed by atoms with Gasteiger partial charge in [-0.1, -0.05) is 25.5 Å². The second kappa shape index (κ2) is 8.95. The maximum absolute atomic E-state index is 10.1. The summed E-state index contributed by atoms with van der Waals surface area (Å²) in [6.07, 6.45) is 3.48. The lowest BCUT2D eigenvalue weighted by Gasteiger charge is -2.14. The summed E-state index contributed by atoms with van der Waals surface area (Å²) in [5.41, 5.74) is 3.20. The second-order valence-corrected chi connectivity index (χ2v) is 7.42. The predicted molar refractivity (Wildman–Crippen MR) is 112 cm³/mol. The zero-order valence-corrected chi connectivity index (χ0v) is 17.2. The summed E-state index contributed by atoms with van der Waals surface area (Å²) >= 11 is 0. The number of rotatable bonds is 8. The number of aliphatic hydroxyl groups is 2. The van der Waals surface area contributed by atoms with Crippen molar-refractivity contribution in [2.24, 2.45) is 0 Å². The van der Waals surface area contributed by atoms with E-state index in [1.54, 1.807) is 10.9 Å². The molecule has 3 atom stereocenters. The molecule has 9 heteroatoms. The van der Waals surface area contributed by atoms with Crippen LogP contribution in [0.15, 0.2) is 30.6 Å². The van der Waals surface area contributed by atoms with E-state index < -0.39 is 18.4 Å². The van der Waals surface area contributed by atoms with Gasteiger partial charge in [-0.15, -0.1) is 0 Å². The number of unbranched alkanes of at least 4 members (excludes halogenated alkanes) is 1. The predicted octanol–water partition coefficient (Wildman–Crippen LogP) is 2.56. The SMILES string of the molecule is CCCCc1ccc(Nc2nc(OC)c3ncn(C4CC(O)C(CO)O4)c3n2)cc1. The van der Waals surface area contributed by atoms with Crippen LogP contribution in [0.4, 0.5) is 11.6 Å². The van der Waals surface area contributed by atoms with Crippen LogP contribution in [-0.4, -0.2) is 55.7 Å². The Balaban J connectivity index is 1.61. The van der Waals surface area contributed by atoms with Crippen molar-refractivity contribution in [3.05, 3.63) is 36.2 Å². The van der Waals surface area contributed by atoms with Gasteiger partial charge in [0.25, 0.3) is 0 Å². The highest BCUT2D eigenvalue weighted by Crippen LogP contribution is 2.33. The third-order valence-corrected chi connectivity index (χ3v) is 5.31. The number of aromatic nitrogens is 4. The fraction of sp³-hybridized carbons (Fsp3) is 0.476. The van der Waals surface area contributed by atoms with E-state index in [-0.39, 0.29) is 6.61 Å². The van der Waals surface area contributed by atoms with Crippen LogP contribution in [0.25, 0.3) is 11.2 Å². The Labute approximate surface area is 174 Å². The number of benzene rings is 1. The van der Waals surface area contributed by atoms with Gasteiger partial charge in [0.1, 0.15) is 12.3 Å². The molecular formula is C21H27N5O4. The quantitative estimate of drug-likeness (QED) is 0.516. The highest BCUT2D eigenvalue weighted by molar-refractivity contribution is 5.78. The first-order valence-electron chi connectivity index (χ1n) is 10.2. The molecule has 0 spiro atoms. The zero-order valence-electron chi connectivity index (χ0n) is 17.2. The van der Waals surface area contributed by atoms with Gasteiger partial charge in [-0.25, -0.2) is 4.98 Å². The Morgan fingerprint density at radius 1 is 1.27 bits per heavy atom. The van der Waals surface area contributed by atoms with Crippen molar-refractivity contribution in [1.82, 2.24) is 19.5 Å². The number of ether oxygens (including phenoxy) is 2. The molecule has 1 aromatic carbocycles. The van der Waals surface area contributed by atoms with E-state index in [0.717, 1.165) is 12.1 Å². The average molecular weight is 413 g/mol. The first kappa shape index (κ1) is 20.5. The van der Waals surface area contributed by atoms with Gasteiger partial charge in [0.2, 0.25) is 11.8 Å². The van der Waals surface area contributed by atoms with Crippen LogP contribution in [0.1, 0.15) is 38.0 Å². The van der Waals surface area contributed by atoms with Crippen LogP contribution in [0, 0.1) is 0 Å². The molecule has 0 aliphatic carbocycles. The summed E-state index contributed by atoms with van der Waals surface area (Å²) in [7, 11) is 1.53. The normalized spacial score (nSPS) is 21.3. The lowest BCUT2D eigenvalue weighted by atomic mass is 10.1. The number of hydrogen-bond donors (Lipinski definition) is 3. The first-order valence-corrected chi connectivity index (χ1v) is 10.2. The van der Waals surface area contributed by atoms with Crippen molar-refractivity contribution < 1.29 is 19.7 Å². The van der Waals surface area contributed by atoms with Crippen LogP contribution in [0.3, 0.4) is 0 Å². The molecule has 4 rings (SSSR count). The van der Waals surface area contributed by atoms with E-state index in [2.05, 4.69) is 39.3 Å². The van der Waals surface area contributed by atoms with Gasteiger partial charge in [-0.2, -0.15) is 9.97 Å². The molecular weight excluding hydrogens is 386 g/mol. The van der Waals surface area contributed by atoms with E-state index in [9.17, 15) is 10.2 Å². The minimum atomic E-state index is -0.745. The Morgan fingerprint density at radius 2 is 2.07 bits per heavy atom. The minimum Gasteiger partial charge on any atom is -0.479 e. The summed E-state index contributed by atoms with van der Waals surface area (Å²) in [5.74, 6) is 0.720. The van der Waals surface area contributed by atoms with Crippen molar-refractivity contribution >= 4 is 22.8 Å². The lowest BCUT2D eigenvalue weighted by Crippen LogP contribution is -2.24. The van der Waals surface area contributed by atoms with Crippen LogP contribution < -0.4 is 10.1 Å². The molecule has 0 saturated carbocycles. The number of nitrogens with one attached hydrogen (secondary N) is 1. The molecule has 160 valence electrons. The van der Waals surface area contributed by atoms with Gasteiger partial charge in [-0.05, 0) is 30.5 Å². The van der Waals surface area contributed by atoms with Crippen LogP contribution in [0.5, 0.6) is 5.88 Å². The van der Waals surface area contributed by atoms with E-state index in [4.69, 9.17) is 9.47 Å². The van der Waals surface area contributed by atoms with E-state index >= 15 is 0 Å². The Morgan fingerprint density at radius 3 is 2.73 bits per heavy atom. The van der Waals surface area contributed by atoms with Crippen LogP contribution >= 0.6 is 0 Å². The molecule has 2 aromatic heterocycles. The van der Waals surface area contributed by atoms with Gasteiger partial charge < -0.3 is 25.0 Å². The van der Waals surface area contributed by atoms with E-state index in [1.807, 2.05) is 12.1 Å². The molecule has 3 N–H and O–H groups in total. The highest BCUT2D eigenvalue weighted by Gasteiger charge is 2.35. The Bertz CT molecular complexity index is 991. The second-order valence-electron chi connectivity index (χ2n) is 7.42. The number of aryl methyl sites for hydroxylation is 1. The third kappa shape index (κ3) is 4.09. The van der Waals surface area contributed by atoms with E-state index in [1.165, 1.54) is 25.5 Å². The maximum Gasteiger partial charge on any atom is 0.246 e. The third-order valence-electron chi connectivity index (χ3n) is 5.31. The van der Waals surface area contributed by atoms with Gasteiger partial charge in [0.05, 0.1) is 26.1 Å². The van der Waals surface area contributed by atoms with E-state index in [0.29, 0.717) is 29.4 Å². The number of methoxy groups -OCH3 is 1. The minimum absolute atomic E-state index is 0.246. The molecule has 0 amide bonds. The summed E-state index contributed by atoms with van der Waals surface area (Å²) < 4.78 is 12.9. The summed E-state index contributed by atoms with van der Waals surface area (Å²) in [5, 5.41) is 22.6. The Kier molecular flexibility index (Phi) is 6.12. The lowest BCUT2D eigenvalue weighted by molar-refractivity contribution is -0.0432. The monoisotopic (exact) mass is 413 g/mol. The molecule has 30 heavy (non-hydrogen) atoms. The zero-order chi connectivity index (χ0) is 21.1. The number of imidazole rings is 1. The smallest absolute Gasteiger partial charge is 0.246 e. The molecule has 9 nitrogen and oxygen atoms in total. The molecule has 3 aromatic rings. The molecule has 3 heterocycles. The van der Waals surface area contributed by atoms with Crippen molar-refractivity contribution in [2.75, 3.05) is 19.0 Å². The molecule has 1 saturated heterocycles. The number of hydrogen-bond acceptors (Lipinski definition) is 8. The molecule has 1 aliphatic heterocycles. The van der Waals surface area contributed by atoms with Crippen molar-refractivity contribution in [3.63, 3.8) is 0 Å². The first-order chi connectivity index (χ1) is 14.6. The van der Waals surface area contributed by atoms with Gasteiger partial charge in [0.15, 0.2) is 11.2 Å². The highest BCUT2D eigenvalue weighted by atomic mass is 16.5. The molecule has 3 unspecified atom stereocenters. The molecule has 1 aliphatic rings. The number of nitrogens with zero attached hydrogens (tertiary/aromatic N) is 4. The van der Waals surface area contributed by atoms with Crippen LogP contribution in [-0.2, 0) is 11.2 Å².